The van der Waals surface area contributed by atoms with E-state index in [-0.39, 0.29) is 28.6 Å². The number of carbonyl (C=O) groups excluding carboxylic acids is 2. The summed E-state index contributed by atoms with van der Waals surface area (Å²) in [5.41, 5.74) is 5.17. The molecule has 30 heavy (non-hydrogen) atoms. The predicted molar refractivity (Wildman–Crippen MR) is 105 cm³/mol. The summed E-state index contributed by atoms with van der Waals surface area (Å²) in [5, 5.41) is 5.24. The van der Waals surface area contributed by atoms with E-state index in [1.165, 1.54) is 12.1 Å². The zero-order valence-corrected chi connectivity index (χ0v) is 16.4. The Balaban J connectivity index is 1.57. The molecule has 0 unspecified atom stereocenters. The number of nitrogens with one attached hydrogen (secondary N) is 2. The number of aryl methyl sites for hydroxylation is 1. The fourth-order valence-electron chi connectivity index (χ4n) is 2.51. The van der Waals surface area contributed by atoms with E-state index < -0.39 is 23.6 Å². The fourth-order valence-corrected chi connectivity index (χ4v) is 3.25. The van der Waals surface area contributed by atoms with E-state index in [4.69, 9.17) is 10.5 Å². The summed E-state index contributed by atoms with van der Waals surface area (Å²) in [5.74, 6) is -3.13. The Labute approximate surface area is 174 Å². The maximum atomic E-state index is 13.7. The molecule has 0 bridgehead atoms. The van der Waals surface area contributed by atoms with Gasteiger partial charge in [0.1, 0.15) is 17.2 Å². The molecule has 12 heteroatoms. The third-order valence-corrected chi connectivity index (χ3v) is 4.71. The highest BCUT2D eigenvalue weighted by atomic mass is 32.1. The molecule has 0 aliphatic carbocycles. The third kappa shape index (κ3) is 5.29. The number of amides is 3. The molecular weight excluding hydrogens is 418 g/mol. The van der Waals surface area contributed by atoms with Gasteiger partial charge in [0.2, 0.25) is 5.88 Å². The molecule has 9 nitrogen and oxygen atoms in total. The number of rotatable bonds is 9. The Bertz CT molecular complexity index is 1030. The predicted octanol–water partition coefficient (Wildman–Crippen LogP) is 2.51. The van der Waals surface area contributed by atoms with Crippen molar-refractivity contribution in [3.05, 3.63) is 59.7 Å². The lowest BCUT2D eigenvalue weighted by molar-refractivity contribution is 0.0996. The molecule has 0 aliphatic heterocycles. The van der Waals surface area contributed by atoms with Crippen LogP contribution in [0, 0.1) is 11.6 Å². The number of primary amides is 1. The first-order valence-corrected chi connectivity index (χ1v) is 9.58. The van der Waals surface area contributed by atoms with Crippen LogP contribution in [0.1, 0.15) is 22.3 Å². The maximum absolute atomic E-state index is 13.7. The Morgan fingerprint density at radius 1 is 1.30 bits per heavy atom. The number of imidazole rings is 1. The molecule has 0 fully saturated rings. The summed E-state index contributed by atoms with van der Waals surface area (Å²) in [6.07, 6.45) is 5.82. The highest BCUT2D eigenvalue weighted by Crippen LogP contribution is 2.31. The van der Waals surface area contributed by atoms with Crippen molar-refractivity contribution in [2.24, 2.45) is 5.73 Å². The molecule has 3 amide bonds. The Morgan fingerprint density at radius 2 is 2.13 bits per heavy atom. The SMILES string of the molecule is NC(=O)c1c(OCc2cccc(F)c2F)nsc1NC(=O)NCCCn1ccnc1. The summed E-state index contributed by atoms with van der Waals surface area (Å²) in [4.78, 5) is 27.8. The zero-order valence-electron chi connectivity index (χ0n) is 15.6. The Kier molecular flexibility index (Phi) is 6.91. The van der Waals surface area contributed by atoms with Crippen molar-refractivity contribution in [3.8, 4) is 5.88 Å². The quantitative estimate of drug-likeness (QED) is 0.445. The van der Waals surface area contributed by atoms with Crippen LogP contribution < -0.4 is 21.1 Å². The lowest BCUT2D eigenvalue weighted by Crippen LogP contribution is -2.30. The second-order valence-corrected chi connectivity index (χ2v) is 6.87. The molecule has 4 N–H and O–H groups in total. The highest BCUT2D eigenvalue weighted by Gasteiger charge is 2.22. The van der Waals surface area contributed by atoms with Crippen LogP contribution >= 0.6 is 11.5 Å². The fraction of sp³-hybridized carbons (Fsp3) is 0.222. The van der Waals surface area contributed by atoms with Crippen LogP contribution in [-0.4, -0.2) is 32.4 Å². The van der Waals surface area contributed by atoms with Crippen LogP contribution in [0.4, 0.5) is 18.6 Å². The topological polar surface area (TPSA) is 124 Å². The molecule has 0 saturated heterocycles. The number of urea groups is 1. The average molecular weight is 436 g/mol. The molecule has 0 radical (unpaired) electrons. The van der Waals surface area contributed by atoms with E-state index in [9.17, 15) is 18.4 Å². The van der Waals surface area contributed by atoms with Gasteiger partial charge in [0, 0.05) is 31.0 Å². The van der Waals surface area contributed by atoms with Crippen LogP contribution in [0.5, 0.6) is 5.88 Å². The van der Waals surface area contributed by atoms with Gasteiger partial charge in [-0.15, -0.1) is 0 Å². The molecule has 1 aromatic carbocycles. The van der Waals surface area contributed by atoms with Crippen LogP contribution in [-0.2, 0) is 13.2 Å². The number of anilines is 1. The molecule has 0 aliphatic rings. The molecule has 0 atom stereocenters. The number of benzene rings is 1. The first-order chi connectivity index (χ1) is 14.5. The van der Waals surface area contributed by atoms with Gasteiger partial charge in [-0.2, -0.15) is 4.37 Å². The highest BCUT2D eigenvalue weighted by molar-refractivity contribution is 7.11. The Hall–Kier alpha value is -3.54. The van der Waals surface area contributed by atoms with Crippen molar-refractivity contribution in [1.29, 1.82) is 0 Å². The van der Waals surface area contributed by atoms with E-state index in [0.717, 1.165) is 17.6 Å². The third-order valence-electron chi connectivity index (χ3n) is 3.97. The summed E-state index contributed by atoms with van der Waals surface area (Å²) in [6.45, 7) is 0.701. The molecule has 3 aromatic rings. The number of halogens is 2. The maximum Gasteiger partial charge on any atom is 0.319 e. The second kappa shape index (κ2) is 9.78. The largest absolute Gasteiger partial charge is 0.471 e. The van der Waals surface area contributed by atoms with Crippen LogP contribution in [0.15, 0.2) is 36.9 Å². The molecule has 0 saturated carbocycles. The van der Waals surface area contributed by atoms with Crippen LogP contribution in [0.3, 0.4) is 0 Å². The normalized spacial score (nSPS) is 10.6. The summed E-state index contributed by atoms with van der Waals surface area (Å²) >= 11 is 0.785. The van der Waals surface area contributed by atoms with Crippen molar-refractivity contribution in [2.75, 3.05) is 11.9 Å². The van der Waals surface area contributed by atoms with E-state index in [2.05, 4.69) is 20.0 Å². The van der Waals surface area contributed by atoms with Gasteiger partial charge in [0.15, 0.2) is 11.6 Å². The van der Waals surface area contributed by atoms with Crippen LogP contribution in [0.2, 0.25) is 0 Å². The van der Waals surface area contributed by atoms with Crippen LogP contribution in [0.25, 0.3) is 0 Å². The average Bonchev–Trinajstić information content (AvgIpc) is 3.36. The molecule has 158 valence electrons. The number of aromatic nitrogens is 3. The molecule has 3 rings (SSSR count). The van der Waals surface area contributed by atoms with Crippen molar-refractivity contribution < 1.29 is 23.1 Å². The van der Waals surface area contributed by atoms with Crippen molar-refractivity contribution >= 4 is 28.5 Å². The smallest absolute Gasteiger partial charge is 0.319 e. The van der Waals surface area contributed by atoms with Gasteiger partial charge in [-0.3, -0.25) is 10.1 Å². The number of ether oxygens (including phenoxy) is 1. The molecule has 0 spiro atoms. The Morgan fingerprint density at radius 3 is 2.87 bits per heavy atom. The molecule has 2 aromatic heterocycles. The first kappa shape index (κ1) is 21.2. The van der Waals surface area contributed by atoms with Crippen molar-refractivity contribution in [3.63, 3.8) is 0 Å². The standard InChI is InChI=1S/C18H18F2N6O3S/c19-12-4-1-3-11(14(12)20)9-29-16-13(15(21)27)17(30-25-16)24-18(28)23-5-2-7-26-8-6-22-10-26/h1,3-4,6,8,10H,2,5,7,9H2,(H2,21,27)(H2,23,24,28). The van der Waals surface area contributed by atoms with Crippen molar-refractivity contribution in [1.82, 2.24) is 19.2 Å². The van der Waals surface area contributed by atoms with Gasteiger partial charge in [-0.1, -0.05) is 12.1 Å². The number of carbonyl (C=O) groups is 2. The minimum atomic E-state index is -1.05. The number of nitrogens with zero attached hydrogens (tertiary/aromatic N) is 3. The first-order valence-electron chi connectivity index (χ1n) is 8.81. The van der Waals surface area contributed by atoms with Crippen molar-refractivity contribution in [2.45, 2.75) is 19.6 Å². The van der Waals surface area contributed by atoms with E-state index in [1.807, 2.05) is 10.8 Å². The van der Waals surface area contributed by atoms with Gasteiger partial charge in [-0.05, 0) is 24.0 Å². The summed E-state index contributed by atoms with van der Waals surface area (Å²) in [6, 6.07) is 3.10. The molecule has 2 heterocycles. The van der Waals surface area contributed by atoms with Gasteiger partial charge in [-0.25, -0.2) is 18.6 Å². The number of nitrogens with two attached hydrogens (primary N) is 1. The van der Waals surface area contributed by atoms with Gasteiger partial charge >= 0.3 is 6.03 Å². The summed E-state index contributed by atoms with van der Waals surface area (Å²) < 4.78 is 38.2. The van der Waals surface area contributed by atoms with E-state index in [1.54, 1.807) is 12.5 Å². The number of hydrogen-bond donors (Lipinski definition) is 3. The van der Waals surface area contributed by atoms with Gasteiger partial charge in [0.25, 0.3) is 5.91 Å². The second-order valence-electron chi connectivity index (χ2n) is 6.09. The lowest BCUT2D eigenvalue weighted by Gasteiger charge is -2.08. The van der Waals surface area contributed by atoms with E-state index in [0.29, 0.717) is 19.5 Å². The zero-order chi connectivity index (χ0) is 21.5. The monoisotopic (exact) mass is 436 g/mol. The lowest BCUT2D eigenvalue weighted by atomic mass is 10.2. The van der Waals surface area contributed by atoms with Gasteiger partial charge in [0.05, 0.1) is 6.33 Å². The molecular formula is C18H18F2N6O3S. The van der Waals surface area contributed by atoms with E-state index >= 15 is 0 Å². The van der Waals surface area contributed by atoms with Gasteiger partial charge < -0.3 is 20.4 Å². The summed E-state index contributed by atoms with van der Waals surface area (Å²) in [7, 11) is 0. The minimum absolute atomic E-state index is 0.0523. The minimum Gasteiger partial charge on any atom is -0.471 e. The number of hydrogen-bond acceptors (Lipinski definition) is 6.